The van der Waals surface area contributed by atoms with Gasteiger partial charge in [0.2, 0.25) is 0 Å². The van der Waals surface area contributed by atoms with Gasteiger partial charge in [-0.1, -0.05) is 36.4 Å². The second kappa shape index (κ2) is 5.76. The Morgan fingerprint density at radius 2 is 1.25 bits per heavy atom. The highest BCUT2D eigenvalue weighted by Crippen LogP contribution is 2.33. The predicted octanol–water partition coefficient (Wildman–Crippen LogP) is 4.51. The molecule has 1 N–H and O–H groups in total. The number of halogens is 1. The molecular weight excluding hydrogens is 251 g/mol. The van der Waals surface area contributed by atoms with Gasteiger partial charge in [-0.15, -0.1) is 0 Å². The Morgan fingerprint density at radius 1 is 0.750 bits per heavy atom. The fourth-order valence-corrected chi connectivity index (χ4v) is 3.00. The molecule has 0 spiro atoms. The molecular formula is C18H19FO. The normalized spacial score (nSPS) is 22.7. The third kappa shape index (κ3) is 2.91. The first kappa shape index (κ1) is 13.3. The minimum atomic E-state index is -0.203. The minimum Gasteiger partial charge on any atom is -0.393 e. The van der Waals surface area contributed by atoms with Crippen LogP contribution in [-0.4, -0.2) is 11.2 Å². The lowest BCUT2D eigenvalue weighted by atomic mass is 9.82. The summed E-state index contributed by atoms with van der Waals surface area (Å²) in [7, 11) is 0. The van der Waals surface area contributed by atoms with Crippen LogP contribution in [0.25, 0.3) is 11.1 Å². The van der Waals surface area contributed by atoms with Gasteiger partial charge in [-0.2, -0.15) is 0 Å². The van der Waals surface area contributed by atoms with E-state index in [0.29, 0.717) is 5.92 Å². The Kier molecular flexibility index (Phi) is 3.83. The van der Waals surface area contributed by atoms with Crippen LogP contribution in [0.15, 0.2) is 48.5 Å². The number of hydrogen-bond acceptors (Lipinski definition) is 1. The Hall–Kier alpha value is -1.67. The van der Waals surface area contributed by atoms with Crippen molar-refractivity contribution >= 4 is 0 Å². The highest BCUT2D eigenvalue weighted by Gasteiger charge is 2.20. The van der Waals surface area contributed by atoms with Gasteiger partial charge in [0.1, 0.15) is 5.82 Å². The third-order valence-electron chi connectivity index (χ3n) is 4.26. The summed E-state index contributed by atoms with van der Waals surface area (Å²) in [6.07, 6.45) is 3.84. The van der Waals surface area contributed by atoms with E-state index in [4.69, 9.17) is 0 Å². The number of benzene rings is 2. The van der Waals surface area contributed by atoms with Crippen LogP contribution in [-0.2, 0) is 0 Å². The standard InChI is InChI=1S/C18H19FO/c19-17-9-5-15(6-10-17)13-1-3-14(4-2-13)16-7-11-18(20)12-8-16/h1-6,9-10,16,18,20H,7-8,11-12H2. The van der Waals surface area contributed by atoms with Crippen LogP contribution in [0.2, 0.25) is 0 Å². The fourth-order valence-electron chi connectivity index (χ4n) is 3.00. The number of rotatable bonds is 2. The smallest absolute Gasteiger partial charge is 0.123 e. The molecule has 0 heterocycles. The lowest BCUT2D eigenvalue weighted by Gasteiger charge is -2.25. The summed E-state index contributed by atoms with van der Waals surface area (Å²) in [6.45, 7) is 0. The van der Waals surface area contributed by atoms with Crippen molar-refractivity contribution in [3.8, 4) is 11.1 Å². The molecule has 0 bridgehead atoms. The lowest BCUT2D eigenvalue weighted by Crippen LogP contribution is -2.16. The van der Waals surface area contributed by atoms with Gasteiger partial charge < -0.3 is 5.11 Å². The summed E-state index contributed by atoms with van der Waals surface area (Å²) in [6, 6.07) is 15.1. The fraction of sp³-hybridized carbons (Fsp3) is 0.333. The van der Waals surface area contributed by atoms with Gasteiger partial charge in [0.15, 0.2) is 0 Å². The van der Waals surface area contributed by atoms with E-state index >= 15 is 0 Å². The van der Waals surface area contributed by atoms with Crippen LogP contribution in [0.1, 0.15) is 37.2 Å². The van der Waals surface area contributed by atoms with Crippen molar-refractivity contribution in [3.63, 3.8) is 0 Å². The SMILES string of the molecule is OC1CCC(c2ccc(-c3ccc(F)cc3)cc2)CC1. The Labute approximate surface area is 119 Å². The molecule has 0 radical (unpaired) electrons. The highest BCUT2D eigenvalue weighted by molar-refractivity contribution is 5.63. The van der Waals surface area contributed by atoms with Gasteiger partial charge in [-0.05, 0) is 60.4 Å². The van der Waals surface area contributed by atoms with Gasteiger partial charge in [-0.25, -0.2) is 4.39 Å². The topological polar surface area (TPSA) is 20.2 Å². The van der Waals surface area contributed by atoms with Crippen molar-refractivity contribution in [2.45, 2.75) is 37.7 Å². The molecule has 0 saturated heterocycles. The van der Waals surface area contributed by atoms with E-state index in [9.17, 15) is 9.50 Å². The van der Waals surface area contributed by atoms with Gasteiger partial charge in [0.05, 0.1) is 6.10 Å². The largest absolute Gasteiger partial charge is 0.393 e. The van der Waals surface area contributed by atoms with Gasteiger partial charge in [-0.3, -0.25) is 0 Å². The molecule has 2 heteroatoms. The van der Waals surface area contributed by atoms with Crippen LogP contribution in [0.5, 0.6) is 0 Å². The molecule has 2 aromatic carbocycles. The number of aliphatic hydroxyl groups excluding tert-OH is 1. The van der Waals surface area contributed by atoms with Crippen LogP contribution < -0.4 is 0 Å². The molecule has 1 aliphatic rings. The second-order valence-electron chi connectivity index (χ2n) is 5.63. The molecule has 0 amide bonds. The summed E-state index contributed by atoms with van der Waals surface area (Å²) in [5, 5.41) is 9.56. The Morgan fingerprint density at radius 3 is 1.80 bits per heavy atom. The van der Waals surface area contributed by atoms with Crippen molar-refractivity contribution in [1.29, 1.82) is 0 Å². The molecule has 1 nitrogen and oxygen atoms in total. The molecule has 104 valence electrons. The lowest BCUT2D eigenvalue weighted by molar-refractivity contribution is 0.122. The Balaban J connectivity index is 1.76. The van der Waals surface area contributed by atoms with E-state index in [0.717, 1.165) is 36.8 Å². The zero-order valence-corrected chi connectivity index (χ0v) is 11.4. The molecule has 20 heavy (non-hydrogen) atoms. The molecule has 1 fully saturated rings. The van der Waals surface area contributed by atoms with Crippen molar-refractivity contribution in [1.82, 2.24) is 0 Å². The Bertz CT molecular complexity index is 551. The average Bonchev–Trinajstić information content (AvgIpc) is 2.49. The first-order valence-corrected chi connectivity index (χ1v) is 7.26. The molecule has 0 aromatic heterocycles. The molecule has 0 atom stereocenters. The van der Waals surface area contributed by atoms with Gasteiger partial charge in [0.25, 0.3) is 0 Å². The van der Waals surface area contributed by atoms with Crippen LogP contribution >= 0.6 is 0 Å². The van der Waals surface area contributed by atoms with Crippen molar-refractivity contribution in [2.75, 3.05) is 0 Å². The first-order valence-electron chi connectivity index (χ1n) is 7.26. The zero-order valence-electron chi connectivity index (χ0n) is 11.4. The van der Waals surface area contributed by atoms with E-state index in [-0.39, 0.29) is 11.9 Å². The summed E-state index contributed by atoms with van der Waals surface area (Å²) >= 11 is 0. The maximum absolute atomic E-state index is 12.9. The van der Waals surface area contributed by atoms with Crippen molar-refractivity contribution in [2.24, 2.45) is 0 Å². The van der Waals surface area contributed by atoms with E-state index in [1.165, 1.54) is 17.7 Å². The molecule has 0 aliphatic heterocycles. The van der Waals surface area contributed by atoms with Crippen LogP contribution in [0, 0.1) is 5.82 Å². The van der Waals surface area contributed by atoms with E-state index in [1.54, 1.807) is 12.1 Å². The average molecular weight is 270 g/mol. The molecule has 3 rings (SSSR count). The molecule has 2 aromatic rings. The van der Waals surface area contributed by atoms with Crippen molar-refractivity contribution < 1.29 is 9.50 Å². The summed E-state index contributed by atoms with van der Waals surface area (Å²) in [4.78, 5) is 0. The van der Waals surface area contributed by atoms with E-state index < -0.39 is 0 Å². The monoisotopic (exact) mass is 270 g/mol. The summed E-state index contributed by atoms with van der Waals surface area (Å²) in [5.74, 6) is 0.367. The maximum atomic E-state index is 12.9. The molecule has 0 unspecified atom stereocenters. The zero-order chi connectivity index (χ0) is 13.9. The first-order chi connectivity index (χ1) is 9.72. The van der Waals surface area contributed by atoms with Crippen LogP contribution in [0.3, 0.4) is 0 Å². The maximum Gasteiger partial charge on any atom is 0.123 e. The predicted molar refractivity (Wildman–Crippen MR) is 79.1 cm³/mol. The van der Waals surface area contributed by atoms with Gasteiger partial charge in [0, 0.05) is 0 Å². The van der Waals surface area contributed by atoms with Crippen LogP contribution in [0.4, 0.5) is 4.39 Å². The van der Waals surface area contributed by atoms with Crippen molar-refractivity contribution in [3.05, 3.63) is 59.9 Å². The van der Waals surface area contributed by atoms with E-state index in [1.807, 2.05) is 0 Å². The van der Waals surface area contributed by atoms with E-state index in [2.05, 4.69) is 24.3 Å². The summed E-state index contributed by atoms with van der Waals surface area (Å²) in [5.41, 5.74) is 3.50. The third-order valence-corrected chi connectivity index (χ3v) is 4.26. The number of aliphatic hydroxyl groups is 1. The highest BCUT2D eigenvalue weighted by atomic mass is 19.1. The summed E-state index contributed by atoms with van der Waals surface area (Å²) < 4.78 is 12.9. The molecule has 1 saturated carbocycles. The quantitative estimate of drug-likeness (QED) is 0.851. The number of hydrogen-bond donors (Lipinski definition) is 1. The molecule has 1 aliphatic carbocycles. The minimum absolute atomic E-state index is 0.107. The van der Waals surface area contributed by atoms with Gasteiger partial charge >= 0.3 is 0 Å². The second-order valence-corrected chi connectivity index (χ2v) is 5.63.